The lowest BCUT2D eigenvalue weighted by Crippen LogP contribution is -2.36. The summed E-state index contributed by atoms with van der Waals surface area (Å²) in [5, 5.41) is 8.88. The van der Waals surface area contributed by atoms with Gasteiger partial charge in [-0.1, -0.05) is 6.07 Å². The quantitative estimate of drug-likeness (QED) is 0.881. The van der Waals surface area contributed by atoms with E-state index in [2.05, 4.69) is 20.8 Å². The monoisotopic (exact) mass is 314 g/mol. The Morgan fingerprint density at radius 2 is 2.11 bits per heavy atom. The van der Waals surface area contributed by atoms with Crippen molar-refractivity contribution in [1.29, 1.82) is 0 Å². The molecule has 3 N–H and O–H groups in total. The minimum atomic E-state index is -1.03. The molecule has 1 aliphatic rings. The van der Waals surface area contributed by atoms with Gasteiger partial charge >= 0.3 is 5.97 Å². The van der Waals surface area contributed by atoms with Gasteiger partial charge in [0.25, 0.3) is 0 Å². The lowest BCUT2D eigenvalue weighted by atomic mass is 10.1. The van der Waals surface area contributed by atoms with E-state index in [0.717, 1.165) is 23.2 Å². The van der Waals surface area contributed by atoms with Gasteiger partial charge in [0.05, 0.1) is 18.9 Å². The average molecular weight is 315 g/mol. The SMILES string of the molecule is NC(C(=O)O)c1ccc(N2CCOCC2)c(Br)c1. The topological polar surface area (TPSA) is 75.8 Å². The highest BCUT2D eigenvalue weighted by atomic mass is 79.9. The van der Waals surface area contributed by atoms with E-state index in [0.29, 0.717) is 18.8 Å². The van der Waals surface area contributed by atoms with E-state index >= 15 is 0 Å². The van der Waals surface area contributed by atoms with E-state index in [1.807, 2.05) is 6.07 Å². The number of morpholine rings is 1. The molecule has 1 atom stereocenters. The standard InChI is InChI=1S/C12H15BrN2O3/c13-9-7-8(11(14)12(16)17)1-2-10(9)15-3-5-18-6-4-15/h1-2,7,11H,3-6,14H2,(H,16,17). The molecule has 0 saturated carbocycles. The molecule has 6 heteroatoms. The molecule has 2 rings (SSSR count). The van der Waals surface area contributed by atoms with Crippen LogP contribution in [0.5, 0.6) is 0 Å². The first-order valence-electron chi connectivity index (χ1n) is 5.70. The first kappa shape index (κ1) is 13.3. The van der Waals surface area contributed by atoms with Crippen molar-refractivity contribution in [3.05, 3.63) is 28.2 Å². The number of hydrogen-bond donors (Lipinski definition) is 2. The number of carbonyl (C=O) groups is 1. The van der Waals surface area contributed by atoms with Gasteiger partial charge in [-0.3, -0.25) is 4.79 Å². The Morgan fingerprint density at radius 1 is 1.44 bits per heavy atom. The van der Waals surface area contributed by atoms with Crippen molar-refractivity contribution in [1.82, 2.24) is 0 Å². The zero-order valence-electron chi connectivity index (χ0n) is 9.80. The summed E-state index contributed by atoms with van der Waals surface area (Å²) in [7, 11) is 0. The molecule has 0 radical (unpaired) electrons. The smallest absolute Gasteiger partial charge is 0.325 e. The Kier molecular flexibility index (Phi) is 4.21. The van der Waals surface area contributed by atoms with Crippen molar-refractivity contribution >= 4 is 27.6 Å². The number of aliphatic carboxylic acids is 1. The Bertz CT molecular complexity index is 447. The van der Waals surface area contributed by atoms with Crippen LogP contribution in [0.25, 0.3) is 0 Å². The summed E-state index contributed by atoms with van der Waals surface area (Å²) in [6, 6.07) is 4.44. The summed E-state index contributed by atoms with van der Waals surface area (Å²) in [5.41, 5.74) is 7.21. The molecular weight excluding hydrogens is 300 g/mol. The Hall–Kier alpha value is -1.11. The molecule has 1 unspecified atom stereocenters. The van der Waals surface area contributed by atoms with Gasteiger partial charge in [-0.2, -0.15) is 0 Å². The van der Waals surface area contributed by atoms with Gasteiger partial charge in [-0.15, -0.1) is 0 Å². The fourth-order valence-corrected chi connectivity index (χ4v) is 2.57. The molecule has 0 aliphatic carbocycles. The molecule has 1 aliphatic heterocycles. The second-order valence-corrected chi connectivity index (χ2v) is 4.98. The summed E-state index contributed by atoms with van der Waals surface area (Å²) in [6.45, 7) is 3.09. The van der Waals surface area contributed by atoms with Crippen molar-refractivity contribution in [2.24, 2.45) is 5.73 Å². The average Bonchev–Trinajstić information content (AvgIpc) is 2.38. The largest absolute Gasteiger partial charge is 0.480 e. The van der Waals surface area contributed by atoms with E-state index in [-0.39, 0.29) is 0 Å². The highest BCUT2D eigenvalue weighted by Crippen LogP contribution is 2.29. The number of hydrogen-bond acceptors (Lipinski definition) is 4. The maximum absolute atomic E-state index is 10.8. The number of benzene rings is 1. The number of carboxylic acid groups (broad SMARTS) is 1. The highest BCUT2D eigenvalue weighted by Gasteiger charge is 2.18. The summed E-state index contributed by atoms with van der Waals surface area (Å²) in [4.78, 5) is 13.0. The van der Waals surface area contributed by atoms with Crippen LogP contribution in [-0.4, -0.2) is 37.4 Å². The van der Waals surface area contributed by atoms with Crippen molar-refractivity contribution in [3.63, 3.8) is 0 Å². The molecule has 0 spiro atoms. The first-order chi connectivity index (χ1) is 8.59. The van der Waals surface area contributed by atoms with Gasteiger partial charge in [0.15, 0.2) is 0 Å². The van der Waals surface area contributed by atoms with Crippen molar-refractivity contribution < 1.29 is 14.6 Å². The fraction of sp³-hybridized carbons (Fsp3) is 0.417. The lowest BCUT2D eigenvalue weighted by molar-refractivity contribution is -0.138. The van der Waals surface area contributed by atoms with Crippen molar-refractivity contribution in [3.8, 4) is 0 Å². The van der Waals surface area contributed by atoms with Crippen LogP contribution in [0, 0.1) is 0 Å². The summed E-state index contributed by atoms with van der Waals surface area (Å²) < 4.78 is 6.16. The van der Waals surface area contributed by atoms with Gasteiger partial charge in [0.1, 0.15) is 6.04 Å². The van der Waals surface area contributed by atoms with Crippen molar-refractivity contribution in [2.45, 2.75) is 6.04 Å². The number of nitrogens with zero attached hydrogens (tertiary/aromatic N) is 1. The molecule has 0 amide bonds. The van der Waals surface area contributed by atoms with E-state index in [1.165, 1.54) is 0 Å². The van der Waals surface area contributed by atoms with Gasteiger partial charge < -0.3 is 20.5 Å². The maximum Gasteiger partial charge on any atom is 0.325 e. The van der Waals surface area contributed by atoms with Crippen LogP contribution in [0.3, 0.4) is 0 Å². The molecule has 1 aromatic carbocycles. The highest BCUT2D eigenvalue weighted by molar-refractivity contribution is 9.10. The van der Waals surface area contributed by atoms with Crippen LogP contribution in [0.2, 0.25) is 0 Å². The van der Waals surface area contributed by atoms with Crippen LogP contribution in [0.15, 0.2) is 22.7 Å². The molecule has 0 aromatic heterocycles. The molecule has 18 heavy (non-hydrogen) atoms. The van der Waals surface area contributed by atoms with Crippen LogP contribution < -0.4 is 10.6 Å². The second kappa shape index (κ2) is 5.69. The van der Waals surface area contributed by atoms with Gasteiger partial charge in [0, 0.05) is 17.6 Å². The Labute approximate surface area is 114 Å². The predicted octanol–water partition coefficient (Wildman–Crippen LogP) is 1.37. The number of halogens is 1. The normalized spacial score (nSPS) is 17.6. The molecule has 0 bridgehead atoms. The number of ether oxygens (including phenoxy) is 1. The summed E-state index contributed by atoms with van der Waals surface area (Å²) >= 11 is 3.47. The Balaban J connectivity index is 2.21. The second-order valence-electron chi connectivity index (χ2n) is 4.13. The Morgan fingerprint density at radius 3 is 2.67 bits per heavy atom. The molecule has 1 aromatic rings. The van der Waals surface area contributed by atoms with E-state index in [1.54, 1.807) is 12.1 Å². The number of nitrogens with two attached hydrogens (primary N) is 1. The molecule has 1 fully saturated rings. The number of carboxylic acids is 1. The van der Waals surface area contributed by atoms with Crippen LogP contribution >= 0.6 is 15.9 Å². The lowest BCUT2D eigenvalue weighted by Gasteiger charge is -2.30. The number of rotatable bonds is 3. The van der Waals surface area contributed by atoms with Gasteiger partial charge in [-0.25, -0.2) is 0 Å². The number of anilines is 1. The molecule has 5 nitrogen and oxygen atoms in total. The van der Waals surface area contributed by atoms with Crippen molar-refractivity contribution in [2.75, 3.05) is 31.2 Å². The third-order valence-electron chi connectivity index (χ3n) is 2.95. The van der Waals surface area contributed by atoms with Crippen LogP contribution in [-0.2, 0) is 9.53 Å². The third-order valence-corrected chi connectivity index (χ3v) is 3.58. The maximum atomic E-state index is 10.8. The third kappa shape index (κ3) is 2.82. The molecule has 1 heterocycles. The molecule has 98 valence electrons. The van der Waals surface area contributed by atoms with Crippen LogP contribution in [0.1, 0.15) is 11.6 Å². The zero-order chi connectivity index (χ0) is 13.1. The van der Waals surface area contributed by atoms with E-state index in [9.17, 15) is 4.79 Å². The first-order valence-corrected chi connectivity index (χ1v) is 6.49. The predicted molar refractivity (Wildman–Crippen MR) is 71.7 cm³/mol. The summed E-state index contributed by atoms with van der Waals surface area (Å²) in [5.74, 6) is -1.03. The van der Waals surface area contributed by atoms with E-state index < -0.39 is 12.0 Å². The van der Waals surface area contributed by atoms with E-state index in [4.69, 9.17) is 15.6 Å². The summed E-state index contributed by atoms with van der Waals surface area (Å²) in [6.07, 6.45) is 0. The van der Waals surface area contributed by atoms with Crippen LogP contribution in [0.4, 0.5) is 5.69 Å². The van der Waals surface area contributed by atoms with Gasteiger partial charge in [0.2, 0.25) is 0 Å². The fourth-order valence-electron chi connectivity index (χ4n) is 1.92. The molecular formula is C12H15BrN2O3. The van der Waals surface area contributed by atoms with Gasteiger partial charge in [-0.05, 0) is 33.6 Å². The zero-order valence-corrected chi connectivity index (χ0v) is 11.4. The minimum absolute atomic E-state index is 0.589. The minimum Gasteiger partial charge on any atom is -0.480 e. The molecule has 1 saturated heterocycles.